The summed E-state index contributed by atoms with van der Waals surface area (Å²) in [5.74, 6) is -0.428. The predicted octanol–water partition coefficient (Wildman–Crippen LogP) is 4.61. The van der Waals surface area contributed by atoms with Gasteiger partial charge in [-0.15, -0.1) is 0 Å². The fourth-order valence-electron chi connectivity index (χ4n) is 6.62. The largest absolute Gasteiger partial charge is 0.492 e. The van der Waals surface area contributed by atoms with Gasteiger partial charge in [-0.3, -0.25) is 9.58 Å². The highest BCUT2D eigenvalue weighted by atomic mass is 35.5. The molecule has 2 fully saturated rings. The van der Waals surface area contributed by atoms with E-state index >= 15 is 0 Å². The molecule has 0 amide bonds. The van der Waals surface area contributed by atoms with Crippen molar-refractivity contribution in [1.29, 1.82) is 0 Å². The first kappa shape index (κ1) is 26.7. The van der Waals surface area contributed by atoms with Crippen LogP contribution in [-0.4, -0.2) is 78.9 Å². The molecule has 41 heavy (non-hydrogen) atoms. The van der Waals surface area contributed by atoms with E-state index in [4.69, 9.17) is 27.9 Å². The molecule has 9 nitrogen and oxygen atoms in total. The molecule has 1 spiro atoms. The number of carboxylic acid groups (broad SMARTS) is 1. The van der Waals surface area contributed by atoms with Crippen LogP contribution in [0.15, 0.2) is 42.9 Å². The first-order valence-electron chi connectivity index (χ1n) is 13.6. The van der Waals surface area contributed by atoms with Gasteiger partial charge in [-0.05, 0) is 36.6 Å². The Bertz CT molecular complexity index is 1640. The van der Waals surface area contributed by atoms with E-state index in [0.29, 0.717) is 44.2 Å². The first-order chi connectivity index (χ1) is 19.7. The minimum Gasteiger partial charge on any atom is -0.492 e. The number of imidazole rings is 1. The summed E-state index contributed by atoms with van der Waals surface area (Å²) in [6.45, 7) is 3.63. The maximum Gasteiger partial charge on any atom is 0.334 e. The molecule has 2 atom stereocenters. The lowest BCUT2D eigenvalue weighted by Gasteiger charge is -2.57. The van der Waals surface area contributed by atoms with E-state index < -0.39 is 18.2 Å². The second-order valence-electron chi connectivity index (χ2n) is 11.5. The van der Waals surface area contributed by atoms with Crippen molar-refractivity contribution < 1.29 is 24.1 Å². The van der Waals surface area contributed by atoms with Gasteiger partial charge in [0.15, 0.2) is 6.04 Å². The molecule has 214 valence electrons. The van der Waals surface area contributed by atoms with Gasteiger partial charge >= 0.3 is 5.97 Å². The van der Waals surface area contributed by atoms with Crippen LogP contribution in [0.25, 0.3) is 22.0 Å². The van der Waals surface area contributed by atoms with Crippen LogP contribution in [0.1, 0.15) is 30.3 Å². The van der Waals surface area contributed by atoms with E-state index in [1.54, 1.807) is 16.8 Å². The fourth-order valence-corrected chi connectivity index (χ4v) is 7.17. The van der Waals surface area contributed by atoms with Gasteiger partial charge in [-0.25, -0.2) is 14.2 Å². The number of nitrogens with zero attached hydrogens (tertiary/aromatic N) is 5. The number of hydrogen-bond donors (Lipinski definition) is 2. The van der Waals surface area contributed by atoms with Gasteiger partial charge in [0.1, 0.15) is 24.0 Å². The molecular weight excluding hydrogens is 572 g/mol. The van der Waals surface area contributed by atoms with Crippen LogP contribution in [0, 0.1) is 5.41 Å². The van der Waals surface area contributed by atoms with Gasteiger partial charge in [0.25, 0.3) is 0 Å². The molecule has 3 aliphatic rings. The number of fused-ring (bicyclic) bond motifs is 2. The average Bonchev–Trinajstić information content (AvgIpc) is 3.60. The molecule has 1 saturated carbocycles. The molecule has 12 heteroatoms. The normalized spacial score (nSPS) is 20.6. The highest BCUT2D eigenvalue weighted by molar-refractivity contribution is 6.42. The quantitative estimate of drug-likeness (QED) is 0.304. The highest BCUT2D eigenvalue weighted by Crippen LogP contribution is 2.48. The van der Waals surface area contributed by atoms with Crippen molar-refractivity contribution in [3.63, 3.8) is 0 Å². The molecule has 1 saturated heterocycles. The van der Waals surface area contributed by atoms with E-state index in [1.807, 2.05) is 24.3 Å². The number of aliphatic hydroxyl groups is 1. The smallest absolute Gasteiger partial charge is 0.334 e. The lowest BCUT2D eigenvalue weighted by molar-refractivity contribution is -0.140. The molecule has 4 heterocycles. The maximum atomic E-state index is 14.0. The van der Waals surface area contributed by atoms with Gasteiger partial charge in [-0.2, -0.15) is 5.10 Å². The Morgan fingerprint density at radius 1 is 1.22 bits per heavy atom. The minimum absolute atomic E-state index is 0.106. The summed E-state index contributed by atoms with van der Waals surface area (Å²) in [6.07, 6.45) is 3.75. The Kier molecular flexibility index (Phi) is 6.50. The lowest BCUT2D eigenvalue weighted by Crippen LogP contribution is -2.64. The second kappa shape index (κ2) is 9.97. The number of aromatic nitrogens is 4. The van der Waals surface area contributed by atoms with Crippen LogP contribution in [0.5, 0.6) is 5.75 Å². The number of aliphatic carboxylic acids is 1. The molecule has 2 aliphatic heterocycles. The average molecular weight is 600 g/mol. The van der Waals surface area contributed by atoms with Crippen molar-refractivity contribution in [3.05, 3.63) is 64.3 Å². The molecule has 0 bridgehead atoms. The number of aliphatic hydroxyl groups excluding tert-OH is 1. The Morgan fingerprint density at radius 3 is 2.68 bits per heavy atom. The van der Waals surface area contributed by atoms with Crippen molar-refractivity contribution in [2.45, 2.75) is 44.1 Å². The molecule has 0 radical (unpaired) electrons. The van der Waals surface area contributed by atoms with E-state index in [9.17, 15) is 19.4 Å². The summed E-state index contributed by atoms with van der Waals surface area (Å²) in [5, 5.41) is 25.4. The number of alkyl halides is 1. The summed E-state index contributed by atoms with van der Waals surface area (Å²) in [7, 11) is 0. The van der Waals surface area contributed by atoms with Gasteiger partial charge in [0, 0.05) is 54.3 Å². The Morgan fingerprint density at radius 2 is 1.98 bits per heavy atom. The Hall–Kier alpha value is -3.18. The number of rotatable bonds is 8. The van der Waals surface area contributed by atoms with Gasteiger partial charge in [-0.1, -0.05) is 35.3 Å². The molecule has 1 aliphatic carbocycles. The maximum absolute atomic E-state index is 14.0. The van der Waals surface area contributed by atoms with E-state index in [-0.39, 0.29) is 24.8 Å². The van der Waals surface area contributed by atoms with Gasteiger partial charge in [0.2, 0.25) is 0 Å². The lowest BCUT2D eigenvalue weighted by atomic mass is 9.62. The van der Waals surface area contributed by atoms with Gasteiger partial charge in [0.05, 0.1) is 34.7 Å². The topological polar surface area (TPSA) is 106 Å². The number of halogens is 3. The summed E-state index contributed by atoms with van der Waals surface area (Å²) < 4.78 is 22.9. The van der Waals surface area contributed by atoms with Crippen LogP contribution in [0.2, 0.25) is 10.0 Å². The van der Waals surface area contributed by atoms with E-state index in [0.717, 1.165) is 43.8 Å². The number of benzene rings is 2. The molecular formula is C29H28Cl2FN5O4. The van der Waals surface area contributed by atoms with Crippen LogP contribution in [0.3, 0.4) is 0 Å². The molecule has 7 rings (SSSR count). The third-order valence-electron chi connectivity index (χ3n) is 8.55. The Labute approximate surface area is 245 Å². The summed E-state index contributed by atoms with van der Waals surface area (Å²) in [6, 6.07) is 8.03. The summed E-state index contributed by atoms with van der Waals surface area (Å²) in [4.78, 5) is 19.0. The minimum atomic E-state index is -1.25. The molecule has 2 aromatic carbocycles. The van der Waals surface area contributed by atoms with Gasteiger partial charge < -0.3 is 19.5 Å². The fraction of sp³-hybridized carbons (Fsp3) is 0.414. The number of likely N-dealkylation sites (tertiary alicyclic amines) is 1. The standard InChI is InChI=1S/C29H28Cl2FN5O4/c30-22-8-20(16-1-3-19(4-2-16)41-6-5-35-13-29(14-35)9-18(38)10-29)24(31)25-21(22)12-37(34-25)27(28(39)40)26-23-7-17(32)11-36(23)15-33-26/h1-4,8,12,15,17-18,27,38H,5-7,9-11,13-14H2,(H,39,40)/t17-,27?/m1/s1. The molecule has 2 aromatic heterocycles. The Balaban J connectivity index is 1.09. The summed E-state index contributed by atoms with van der Waals surface area (Å²) >= 11 is 13.4. The second-order valence-corrected chi connectivity index (χ2v) is 12.3. The van der Waals surface area contributed by atoms with Crippen molar-refractivity contribution in [2.75, 3.05) is 26.2 Å². The number of hydrogen-bond acceptors (Lipinski definition) is 6. The van der Waals surface area contributed by atoms with Crippen LogP contribution < -0.4 is 4.74 Å². The summed E-state index contributed by atoms with van der Waals surface area (Å²) in [5.41, 5.74) is 2.98. The van der Waals surface area contributed by atoms with Crippen molar-refractivity contribution in [1.82, 2.24) is 24.2 Å². The monoisotopic (exact) mass is 599 g/mol. The van der Waals surface area contributed by atoms with E-state index in [2.05, 4.69) is 15.0 Å². The number of carbonyl (C=O) groups is 1. The zero-order valence-electron chi connectivity index (χ0n) is 22.0. The molecule has 2 N–H and O–H groups in total. The molecule has 1 unspecified atom stereocenters. The van der Waals surface area contributed by atoms with Crippen molar-refractivity contribution in [3.8, 4) is 16.9 Å². The van der Waals surface area contributed by atoms with Crippen LogP contribution in [0.4, 0.5) is 4.39 Å². The number of ether oxygens (including phenoxy) is 1. The van der Waals surface area contributed by atoms with Crippen LogP contribution in [-0.2, 0) is 17.8 Å². The van der Waals surface area contributed by atoms with Crippen molar-refractivity contribution >= 4 is 40.1 Å². The predicted molar refractivity (Wildman–Crippen MR) is 151 cm³/mol. The first-order valence-corrected chi connectivity index (χ1v) is 14.4. The third-order valence-corrected chi connectivity index (χ3v) is 9.24. The SMILES string of the molecule is O=C(O)C(c1ncn2c1C[C@@H](F)C2)n1cc2c(Cl)cc(-c3ccc(OCCN4CC5(CC(O)C5)C4)cc3)c(Cl)c2n1. The van der Waals surface area contributed by atoms with Crippen molar-refractivity contribution in [2.24, 2.45) is 5.41 Å². The van der Waals surface area contributed by atoms with E-state index in [1.165, 1.54) is 11.0 Å². The number of carboxylic acids is 1. The molecule has 4 aromatic rings. The third kappa shape index (κ3) is 4.67. The zero-order valence-corrected chi connectivity index (χ0v) is 23.5. The van der Waals surface area contributed by atoms with Crippen LogP contribution >= 0.6 is 23.2 Å². The highest BCUT2D eigenvalue weighted by Gasteiger charge is 2.51. The zero-order chi connectivity index (χ0) is 28.5.